The number of para-hydroxylation sites is 2. The van der Waals surface area contributed by atoms with E-state index in [9.17, 15) is 0 Å². The fourth-order valence-electron chi connectivity index (χ4n) is 7.26. The lowest BCUT2D eigenvalue weighted by atomic mass is 9.95. The van der Waals surface area contributed by atoms with Crippen molar-refractivity contribution in [3.8, 4) is 22.3 Å². The maximum absolute atomic E-state index is 6.80. The van der Waals surface area contributed by atoms with Gasteiger partial charge >= 0.3 is 0 Å². The first-order valence-electron chi connectivity index (χ1n) is 17.2. The second kappa shape index (κ2) is 12.0. The van der Waals surface area contributed by atoms with Crippen LogP contribution in [0.25, 0.3) is 71.8 Å². The highest BCUT2D eigenvalue weighted by atomic mass is 16.3. The van der Waals surface area contributed by atoms with E-state index in [4.69, 9.17) is 18.8 Å². The van der Waals surface area contributed by atoms with Gasteiger partial charge in [0, 0.05) is 44.7 Å². The van der Waals surface area contributed by atoms with E-state index in [0.29, 0.717) is 12.3 Å². The molecule has 0 atom stereocenters. The van der Waals surface area contributed by atoms with E-state index in [-0.39, 0.29) is 0 Å². The van der Waals surface area contributed by atoms with Crippen LogP contribution in [0.1, 0.15) is 23.1 Å². The van der Waals surface area contributed by atoms with Gasteiger partial charge in [-0.2, -0.15) is 0 Å². The Morgan fingerprint density at radius 3 is 1.84 bits per heavy atom. The smallest absolute Gasteiger partial charge is 0.160 e. The molecule has 3 heterocycles. The third-order valence-corrected chi connectivity index (χ3v) is 9.77. The fourth-order valence-corrected chi connectivity index (χ4v) is 7.26. The number of allylic oxidation sites excluding steroid dienone is 1. The van der Waals surface area contributed by atoms with Gasteiger partial charge in [-0.1, -0.05) is 133 Å². The molecular weight excluding hydrogens is 625 g/mol. The number of amidine groups is 1. The molecule has 0 radical (unpaired) electrons. The molecule has 7 aromatic carbocycles. The van der Waals surface area contributed by atoms with Gasteiger partial charge in [-0.3, -0.25) is 0 Å². The maximum Gasteiger partial charge on any atom is 0.160 e. The van der Waals surface area contributed by atoms with Crippen molar-refractivity contribution in [1.82, 2.24) is 0 Å². The molecule has 0 bridgehead atoms. The third kappa shape index (κ3) is 5.08. The van der Waals surface area contributed by atoms with Crippen LogP contribution in [0.4, 0.5) is 0 Å². The van der Waals surface area contributed by atoms with Crippen LogP contribution in [0.2, 0.25) is 0 Å². The van der Waals surface area contributed by atoms with E-state index in [0.717, 1.165) is 94.2 Å². The quantitative estimate of drug-likeness (QED) is 0.185. The number of aliphatic imine (C=N–C) groups is 2. The van der Waals surface area contributed by atoms with Crippen LogP contribution >= 0.6 is 0 Å². The number of nitrogens with zero attached hydrogens (tertiary/aromatic N) is 2. The lowest BCUT2D eigenvalue weighted by Crippen LogP contribution is -2.04. The van der Waals surface area contributed by atoms with Gasteiger partial charge in [0.1, 0.15) is 22.3 Å². The minimum Gasteiger partial charge on any atom is -0.455 e. The van der Waals surface area contributed by atoms with Crippen LogP contribution in [-0.4, -0.2) is 11.5 Å². The molecule has 9 aromatic rings. The molecule has 1 aliphatic rings. The largest absolute Gasteiger partial charge is 0.455 e. The van der Waals surface area contributed by atoms with E-state index in [1.54, 1.807) is 0 Å². The van der Waals surface area contributed by atoms with E-state index >= 15 is 0 Å². The summed E-state index contributed by atoms with van der Waals surface area (Å²) in [6, 6.07) is 56.5. The van der Waals surface area contributed by atoms with Gasteiger partial charge in [-0.05, 0) is 58.7 Å². The predicted molar refractivity (Wildman–Crippen MR) is 210 cm³/mol. The van der Waals surface area contributed by atoms with E-state index in [1.807, 2.05) is 54.6 Å². The molecule has 0 amide bonds. The van der Waals surface area contributed by atoms with Gasteiger partial charge < -0.3 is 8.83 Å². The molecule has 0 N–H and O–H groups in total. The second-order valence-electron chi connectivity index (χ2n) is 12.9. The van der Waals surface area contributed by atoms with Crippen molar-refractivity contribution < 1.29 is 8.83 Å². The number of hydrogen-bond acceptors (Lipinski definition) is 4. The summed E-state index contributed by atoms with van der Waals surface area (Å²) in [5.41, 5.74) is 12.5. The topological polar surface area (TPSA) is 51.0 Å². The second-order valence-corrected chi connectivity index (χ2v) is 12.9. The Bertz CT molecular complexity index is 2860. The van der Waals surface area contributed by atoms with Crippen molar-refractivity contribution in [2.45, 2.75) is 6.42 Å². The van der Waals surface area contributed by atoms with Gasteiger partial charge in [0.05, 0.1) is 11.4 Å². The van der Waals surface area contributed by atoms with Crippen molar-refractivity contribution in [3.05, 3.63) is 187 Å². The molecule has 0 spiro atoms. The summed E-state index contributed by atoms with van der Waals surface area (Å²) in [4.78, 5) is 10.3. The molecule has 2 aromatic heterocycles. The number of furan rings is 2. The molecule has 240 valence electrons. The Labute approximate surface area is 294 Å². The summed E-state index contributed by atoms with van der Waals surface area (Å²) < 4.78 is 13.3. The minimum absolute atomic E-state index is 0.644. The SMILES string of the molecule is C1=C(c2cccc3c2oc2cc(-c4cc(-c5ccccc5)cc5c4oc4ccccc45)ccc23)N=C(c2ccccc2)N=C(c2ccccc2)C1. The van der Waals surface area contributed by atoms with Crippen LogP contribution in [0, 0.1) is 0 Å². The van der Waals surface area contributed by atoms with Crippen molar-refractivity contribution in [2.75, 3.05) is 0 Å². The Balaban J connectivity index is 1.13. The number of rotatable bonds is 5. The predicted octanol–water partition coefficient (Wildman–Crippen LogP) is 12.5. The zero-order valence-electron chi connectivity index (χ0n) is 27.6. The first-order chi connectivity index (χ1) is 25.3. The average molecular weight is 655 g/mol. The molecule has 0 saturated carbocycles. The van der Waals surface area contributed by atoms with Gasteiger partial charge in [0.15, 0.2) is 5.84 Å². The Morgan fingerprint density at radius 1 is 0.392 bits per heavy atom. The molecule has 0 fully saturated rings. The molecular formula is C47H30N2O2. The zero-order valence-corrected chi connectivity index (χ0v) is 27.6. The van der Waals surface area contributed by atoms with Crippen LogP contribution < -0.4 is 0 Å². The van der Waals surface area contributed by atoms with Gasteiger partial charge in [0.25, 0.3) is 0 Å². The minimum atomic E-state index is 0.644. The van der Waals surface area contributed by atoms with Crippen LogP contribution in [0.15, 0.2) is 189 Å². The summed E-state index contributed by atoms with van der Waals surface area (Å²) >= 11 is 0. The Hall–Kier alpha value is -6.78. The number of benzene rings is 7. The Morgan fingerprint density at radius 2 is 1.04 bits per heavy atom. The average Bonchev–Trinajstić information content (AvgIpc) is 3.68. The zero-order chi connectivity index (χ0) is 33.7. The first-order valence-corrected chi connectivity index (χ1v) is 17.2. The maximum atomic E-state index is 6.80. The van der Waals surface area contributed by atoms with Crippen molar-refractivity contribution in [3.63, 3.8) is 0 Å². The molecule has 0 unspecified atom stereocenters. The molecule has 51 heavy (non-hydrogen) atoms. The van der Waals surface area contributed by atoms with E-state index in [1.165, 1.54) is 0 Å². The van der Waals surface area contributed by atoms with Crippen molar-refractivity contribution in [2.24, 2.45) is 9.98 Å². The molecule has 0 aliphatic carbocycles. The summed E-state index contributed by atoms with van der Waals surface area (Å²) in [5.74, 6) is 0.682. The van der Waals surface area contributed by atoms with Crippen LogP contribution in [-0.2, 0) is 0 Å². The lowest BCUT2D eigenvalue weighted by molar-refractivity contribution is 0.667. The fraction of sp³-hybridized carbons (Fsp3) is 0.0213. The monoisotopic (exact) mass is 654 g/mol. The van der Waals surface area contributed by atoms with Gasteiger partial charge in [0.2, 0.25) is 0 Å². The van der Waals surface area contributed by atoms with Crippen molar-refractivity contribution in [1.29, 1.82) is 0 Å². The third-order valence-electron chi connectivity index (χ3n) is 9.77. The summed E-state index contributed by atoms with van der Waals surface area (Å²) in [6.45, 7) is 0. The highest BCUT2D eigenvalue weighted by Crippen LogP contribution is 2.42. The van der Waals surface area contributed by atoms with Crippen molar-refractivity contribution >= 4 is 61.1 Å². The summed E-state index contributed by atoms with van der Waals surface area (Å²) in [5, 5.41) is 4.30. The normalized spacial score (nSPS) is 13.4. The lowest BCUT2D eigenvalue weighted by Gasteiger charge is -2.08. The van der Waals surface area contributed by atoms with E-state index < -0.39 is 0 Å². The highest BCUT2D eigenvalue weighted by molar-refractivity contribution is 6.17. The number of hydrogen-bond donors (Lipinski definition) is 0. The number of fused-ring (bicyclic) bond motifs is 6. The molecule has 0 saturated heterocycles. The van der Waals surface area contributed by atoms with Crippen LogP contribution in [0.3, 0.4) is 0 Å². The molecule has 10 rings (SSSR count). The van der Waals surface area contributed by atoms with Crippen LogP contribution in [0.5, 0.6) is 0 Å². The van der Waals surface area contributed by atoms with Gasteiger partial charge in [-0.25, -0.2) is 9.98 Å². The summed E-state index contributed by atoms with van der Waals surface area (Å²) in [6.07, 6.45) is 2.81. The molecule has 4 nitrogen and oxygen atoms in total. The Kier molecular flexibility index (Phi) is 6.85. The standard InChI is InChI=1S/C47H30N2O2/c1-4-13-30(14-5-1)34-27-39(46-40(28-34)35-19-10-11-22-43(35)50-46)33-23-24-36-37-20-12-21-38(45(37)51-44(36)29-33)42-26-25-41(31-15-6-2-7-16-31)48-47(49-42)32-17-8-3-9-18-32/h1-24,26-29H,25H2. The van der Waals surface area contributed by atoms with Gasteiger partial charge in [-0.15, -0.1) is 0 Å². The molecule has 4 heteroatoms. The summed E-state index contributed by atoms with van der Waals surface area (Å²) in [7, 11) is 0. The van der Waals surface area contributed by atoms with E-state index in [2.05, 4.69) is 115 Å². The highest BCUT2D eigenvalue weighted by Gasteiger charge is 2.20. The molecule has 1 aliphatic heterocycles. The first kappa shape index (κ1) is 29.2.